The highest BCUT2D eigenvalue weighted by atomic mass is 79.9. The largest absolute Gasteiger partial charge is 0.327 e. The van der Waals surface area contributed by atoms with Crippen molar-refractivity contribution in [2.45, 2.75) is 37.6 Å². The van der Waals surface area contributed by atoms with E-state index in [2.05, 4.69) is 22.9 Å². The first-order valence-electron chi connectivity index (χ1n) is 6.88. The van der Waals surface area contributed by atoms with E-state index >= 15 is 0 Å². The van der Waals surface area contributed by atoms with Crippen LogP contribution in [0.4, 0.5) is 0 Å². The second-order valence-corrected chi connectivity index (χ2v) is 8.18. The Labute approximate surface area is 129 Å². The van der Waals surface area contributed by atoms with E-state index in [4.69, 9.17) is 5.73 Å². The molecule has 1 aliphatic heterocycles. The third-order valence-electron chi connectivity index (χ3n) is 3.99. The van der Waals surface area contributed by atoms with Gasteiger partial charge in [-0.25, -0.2) is 8.42 Å². The highest BCUT2D eigenvalue weighted by Gasteiger charge is 2.34. The van der Waals surface area contributed by atoms with E-state index in [1.165, 1.54) is 0 Å². The average molecular weight is 361 g/mol. The van der Waals surface area contributed by atoms with E-state index < -0.39 is 10.0 Å². The van der Waals surface area contributed by atoms with Crippen molar-refractivity contribution in [2.24, 2.45) is 11.7 Å². The average Bonchev–Trinajstić information content (AvgIpc) is 2.38. The van der Waals surface area contributed by atoms with Crippen molar-refractivity contribution >= 4 is 26.0 Å². The summed E-state index contributed by atoms with van der Waals surface area (Å²) in [5, 5.41) is 0. The summed E-state index contributed by atoms with van der Waals surface area (Å²) in [6.07, 6.45) is 1.63. The minimum Gasteiger partial charge on any atom is -0.327 e. The van der Waals surface area contributed by atoms with Crippen molar-refractivity contribution in [3.8, 4) is 0 Å². The molecule has 1 aromatic carbocycles. The molecule has 2 atom stereocenters. The van der Waals surface area contributed by atoms with Gasteiger partial charge < -0.3 is 5.73 Å². The molecule has 1 saturated heterocycles. The van der Waals surface area contributed by atoms with Crippen LogP contribution in [0.2, 0.25) is 0 Å². The quantitative estimate of drug-likeness (QED) is 0.900. The minimum atomic E-state index is -3.44. The summed E-state index contributed by atoms with van der Waals surface area (Å²) < 4.78 is 27.7. The van der Waals surface area contributed by atoms with Crippen LogP contribution in [0.3, 0.4) is 0 Å². The molecule has 6 heteroatoms. The molecular weight excluding hydrogens is 340 g/mol. The number of hydrogen-bond acceptors (Lipinski definition) is 3. The molecular formula is C14H21BrN2O2S. The number of nitrogens with zero attached hydrogens (tertiary/aromatic N) is 1. The Kier molecular flexibility index (Phi) is 4.89. The molecule has 1 fully saturated rings. The summed E-state index contributed by atoms with van der Waals surface area (Å²) in [6, 6.07) is 5.43. The first-order chi connectivity index (χ1) is 9.36. The summed E-state index contributed by atoms with van der Waals surface area (Å²) in [4.78, 5) is 0.341. The first kappa shape index (κ1) is 15.9. The second-order valence-electron chi connectivity index (χ2n) is 5.42. The third-order valence-corrected chi connectivity index (χ3v) is 6.83. The Bertz CT molecular complexity index is 589. The lowest BCUT2D eigenvalue weighted by molar-refractivity contribution is 0.230. The van der Waals surface area contributed by atoms with E-state index in [0.29, 0.717) is 22.5 Å². The van der Waals surface area contributed by atoms with Crippen LogP contribution in [0.25, 0.3) is 0 Å². The maximum Gasteiger partial charge on any atom is 0.244 e. The molecule has 2 unspecified atom stereocenters. The Morgan fingerprint density at radius 3 is 2.75 bits per heavy atom. The molecule has 0 aliphatic carbocycles. The van der Waals surface area contributed by atoms with Gasteiger partial charge in [-0.2, -0.15) is 4.31 Å². The number of benzene rings is 1. The predicted molar refractivity (Wildman–Crippen MR) is 84.0 cm³/mol. The number of rotatable bonds is 3. The van der Waals surface area contributed by atoms with E-state index in [-0.39, 0.29) is 12.0 Å². The number of hydrogen-bond donors (Lipinski definition) is 1. The molecule has 0 saturated carbocycles. The lowest BCUT2D eigenvalue weighted by atomic mass is 9.92. The zero-order valence-electron chi connectivity index (χ0n) is 11.8. The molecule has 20 heavy (non-hydrogen) atoms. The lowest BCUT2D eigenvalue weighted by Gasteiger charge is -2.35. The summed E-state index contributed by atoms with van der Waals surface area (Å²) in [7, 11) is -3.44. The Hall–Kier alpha value is -0.430. The molecule has 2 rings (SSSR count). The number of nitrogens with two attached hydrogens (primary N) is 1. The minimum absolute atomic E-state index is 0.105. The van der Waals surface area contributed by atoms with Crippen LogP contribution in [-0.2, 0) is 10.0 Å². The fraction of sp³-hybridized carbons (Fsp3) is 0.571. The van der Waals surface area contributed by atoms with Crippen molar-refractivity contribution in [1.82, 2.24) is 4.31 Å². The van der Waals surface area contributed by atoms with Gasteiger partial charge in [-0.3, -0.25) is 0 Å². The molecule has 0 amide bonds. The molecule has 1 aliphatic rings. The van der Waals surface area contributed by atoms with E-state index in [1.807, 2.05) is 19.1 Å². The summed E-state index contributed by atoms with van der Waals surface area (Å²) in [5.41, 5.74) is 7.08. The molecule has 2 N–H and O–H groups in total. The van der Waals surface area contributed by atoms with Crippen molar-refractivity contribution < 1.29 is 8.42 Å². The molecule has 0 spiro atoms. The van der Waals surface area contributed by atoms with Crippen molar-refractivity contribution in [1.29, 1.82) is 0 Å². The molecule has 0 bridgehead atoms. The van der Waals surface area contributed by atoms with Gasteiger partial charge >= 0.3 is 0 Å². The number of halogens is 1. The smallest absolute Gasteiger partial charge is 0.244 e. The Morgan fingerprint density at radius 1 is 1.45 bits per heavy atom. The van der Waals surface area contributed by atoms with Crippen LogP contribution in [0.1, 0.15) is 25.3 Å². The zero-order chi connectivity index (χ0) is 14.9. The van der Waals surface area contributed by atoms with Crippen molar-refractivity contribution in [2.75, 3.05) is 13.1 Å². The molecule has 0 aromatic heterocycles. The van der Waals surface area contributed by atoms with Gasteiger partial charge in [0.15, 0.2) is 0 Å². The van der Waals surface area contributed by atoms with Crippen molar-refractivity contribution in [3.63, 3.8) is 0 Å². The fourth-order valence-corrected chi connectivity index (χ4v) is 5.29. The topological polar surface area (TPSA) is 63.4 Å². The van der Waals surface area contributed by atoms with E-state index in [1.54, 1.807) is 10.4 Å². The number of sulfonamides is 1. The summed E-state index contributed by atoms with van der Waals surface area (Å²) in [5.74, 6) is 0.239. The molecule has 0 radical (unpaired) electrons. The molecule has 1 aromatic rings. The second kappa shape index (κ2) is 6.13. The molecule has 4 nitrogen and oxygen atoms in total. The van der Waals surface area contributed by atoms with Gasteiger partial charge in [-0.05, 0) is 52.9 Å². The normalized spacial score (nSPS) is 24.8. The van der Waals surface area contributed by atoms with Crippen LogP contribution in [0.15, 0.2) is 27.6 Å². The standard InChI is InChI=1S/C14H21BrN2O2S/c1-3-11-9-17(7-6-13(11)16)20(18,19)14-5-4-10(2)8-12(14)15/h4-5,8,11,13H,3,6-7,9,16H2,1-2H3. The number of aryl methyl sites for hydroxylation is 1. The van der Waals surface area contributed by atoms with Gasteiger partial charge in [0.25, 0.3) is 0 Å². The van der Waals surface area contributed by atoms with Crippen LogP contribution in [0.5, 0.6) is 0 Å². The van der Waals surface area contributed by atoms with Gasteiger partial charge in [0.1, 0.15) is 0 Å². The molecule has 1 heterocycles. The van der Waals surface area contributed by atoms with Crippen molar-refractivity contribution in [3.05, 3.63) is 28.2 Å². The fourth-order valence-electron chi connectivity index (χ4n) is 2.62. The van der Waals surface area contributed by atoms with Gasteiger partial charge in [-0.1, -0.05) is 19.4 Å². The maximum absolute atomic E-state index is 12.7. The van der Waals surface area contributed by atoms with E-state index in [0.717, 1.165) is 18.4 Å². The molecule has 112 valence electrons. The SMILES string of the molecule is CCC1CN(S(=O)(=O)c2ccc(C)cc2Br)CCC1N. The van der Waals surface area contributed by atoms with E-state index in [9.17, 15) is 8.42 Å². The Morgan fingerprint density at radius 2 is 2.15 bits per heavy atom. The first-order valence-corrected chi connectivity index (χ1v) is 9.11. The van der Waals surface area contributed by atoms with Gasteiger partial charge in [-0.15, -0.1) is 0 Å². The van der Waals surface area contributed by atoms with Crippen LogP contribution in [0, 0.1) is 12.8 Å². The van der Waals surface area contributed by atoms with Gasteiger partial charge in [0.05, 0.1) is 4.90 Å². The lowest BCUT2D eigenvalue weighted by Crippen LogP contribution is -2.48. The highest BCUT2D eigenvalue weighted by Crippen LogP contribution is 2.29. The number of piperidine rings is 1. The van der Waals surface area contributed by atoms with Crippen LogP contribution >= 0.6 is 15.9 Å². The Balaban J connectivity index is 2.31. The van der Waals surface area contributed by atoms with Gasteiger partial charge in [0, 0.05) is 23.6 Å². The highest BCUT2D eigenvalue weighted by molar-refractivity contribution is 9.10. The summed E-state index contributed by atoms with van der Waals surface area (Å²) >= 11 is 3.36. The monoisotopic (exact) mass is 360 g/mol. The van der Waals surface area contributed by atoms with Gasteiger partial charge in [0.2, 0.25) is 10.0 Å². The van der Waals surface area contributed by atoms with Crippen LogP contribution < -0.4 is 5.73 Å². The maximum atomic E-state index is 12.7. The summed E-state index contributed by atoms with van der Waals surface area (Å²) in [6.45, 7) is 5.01. The zero-order valence-corrected chi connectivity index (χ0v) is 14.2. The van der Waals surface area contributed by atoms with Crippen LogP contribution in [-0.4, -0.2) is 31.9 Å². The third kappa shape index (κ3) is 3.08. The predicted octanol–water partition coefficient (Wildman–Crippen LogP) is 2.51.